The van der Waals surface area contributed by atoms with Crippen molar-refractivity contribution in [1.29, 1.82) is 0 Å². The van der Waals surface area contributed by atoms with Gasteiger partial charge in [0.2, 0.25) is 15.9 Å². The molecule has 1 aliphatic rings. The molecule has 0 saturated carbocycles. The lowest BCUT2D eigenvalue weighted by atomic mass is 9.96. The number of hydrogen-bond acceptors (Lipinski definition) is 4. The SMILES string of the molecule is CCN(Cc1cncc(-c2ccc3c(c2)CCC(=O)N3C)c1)S(=O)(=O)CC. The van der Waals surface area contributed by atoms with Crippen LogP contribution in [-0.2, 0) is 27.8 Å². The van der Waals surface area contributed by atoms with Gasteiger partial charge in [-0.1, -0.05) is 13.0 Å². The second-order valence-electron chi connectivity index (χ2n) is 6.70. The van der Waals surface area contributed by atoms with Gasteiger partial charge in [0.1, 0.15) is 0 Å². The molecule has 1 aromatic carbocycles. The van der Waals surface area contributed by atoms with E-state index >= 15 is 0 Å². The number of pyridine rings is 1. The van der Waals surface area contributed by atoms with Crippen molar-refractivity contribution in [3.05, 3.63) is 47.8 Å². The fourth-order valence-electron chi connectivity index (χ4n) is 3.36. The first-order chi connectivity index (χ1) is 12.9. The maximum Gasteiger partial charge on any atom is 0.227 e. The van der Waals surface area contributed by atoms with Crippen molar-refractivity contribution in [2.24, 2.45) is 0 Å². The molecule has 27 heavy (non-hydrogen) atoms. The summed E-state index contributed by atoms with van der Waals surface area (Å²) in [6, 6.07) is 8.03. The predicted molar refractivity (Wildman–Crippen MR) is 107 cm³/mol. The average molecular weight is 388 g/mol. The van der Waals surface area contributed by atoms with Gasteiger partial charge in [-0.3, -0.25) is 9.78 Å². The summed E-state index contributed by atoms with van der Waals surface area (Å²) in [7, 11) is -1.44. The summed E-state index contributed by atoms with van der Waals surface area (Å²) >= 11 is 0. The minimum atomic E-state index is -3.24. The van der Waals surface area contributed by atoms with Gasteiger partial charge in [-0.2, -0.15) is 4.31 Å². The minimum Gasteiger partial charge on any atom is -0.315 e. The smallest absolute Gasteiger partial charge is 0.227 e. The molecule has 2 aromatic rings. The Balaban J connectivity index is 1.89. The Hall–Kier alpha value is -2.25. The lowest BCUT2D eigenvalue weighted by molar-refractivity contribution is -0.118. The first-order valence-electron chi connectivity index (χ1n) is 9.17. The summed E-state index contributed by atoms with van der Waals surface area (Å²) in [6.45, 7) is 4.24. The number of anilines is 1. The molecule has 2 heterocycles. The number of carbonyl (C=O) groups excluding carboxylic acids is 1. The maximum absolute atomic E-state index is 12.2. The molecular weight excluding hydrogens is 362 g/mol. The van der Waals surface area contributed by atoms with E-state index in [0.29, 0.717) is 19.5 Å². The Morgan fingerprint density at radius 1 is 1.11 bits per heavy atom. The number of fused-ring (bicyclic) bond motifs is 1. The lowest BCUT2D eigenvalue weighted by Gasteiger charge is -2.26. The van der Waals surface area contributed by atoms with Gasteiger partial charge in [-0.25, -0.2) is 8.42 Å². The number of rotatable bonds is 6. The van der Waals surface area contributed by atoms with Crippen molar-refractivity contribution >= 4 is 21.6 Å². The third kappa shape index (κ3) is 4.04. The van der Waals surface area contributed by atoms with Crippen LogP contribution in [0.1, 0.15) is 31.4 Å². The zero-order chi connectivity index (χ0) is 19.6. The molecule has 1 aromatic heterocycles. The summed E-state index contributed by atoms with van der Waals surface area (Å²) in [5, 5.41) is 0. The van der Waals surface area contributed by atoms with Gasteiger partial charge < -0.3 is 4.90 Å². The first kappa shape index (κ1) is 19.5. The van der Waals surface area contributed by atoms with Crippen LogP contribution < -0.4 is 4.90 Å². The summed E-state index contributed by atoms with van der Waals surface area (Å²) in [5.74, 6) is 0.223. The first-order valence-corrected chi connectivity index (χ1v) is 10.8. The highest BCUT2D eigenvalue weighted by Gasteiger charge is 2.21. The molecule has 0 unspecified atom stereocenters. The normalized spacial score (nSPS) is 14.5. The number of aryl methyl sites for hydroxylation is 1. The third-order valence-electron chi connectivity index (χ3n) is 5.02. The molecule has 144 valence electrons. The van der Waals surface area contributed by atoms with Crippen LogP contribution in [0, 0.1) is 0 Å². The monoisotopic (exact) mass is 387 g/mol. The molecule has 0 fully saturated rings. The van der Waals surface area contributed by atoms with E-state index in [4.69, 9.17) is 0 Å². The molecule has 6 nitrogen and oxygen atoms in total. The number of hydrogen-bond donors (Lipinski definition) is 0. The molecule has 0 saturated heterocycles. The standard InChI is InChI=1S/C20H25N3O3S/c1-4-23(27(25,26)5-2)14-15-10-18(13-21-12-15)16-6-8-19-17(11-16)7-9-20(24)22(19)3/h6,8,10-13H,4-5,7,9,14H2,1-3H3. The van der Waals surface area contributed by atoms with Crippen molar-refractivity contribution in [1.82, 2.24) is 9.29 Å². The van der Waals surface area contributed by atoms with E-state index in [-0.39, 0.29) is 11.7 Å². The van der Waals surface area contributed by atoms with Crippen LogP contribution in [0.2, 0.25) is 0 Å². The van der Waals surface area contributed by atoms with Crippen molar-refractivity contribution in [2.45, 2.75) is 33.2 Å². The molecule has 0 radical (unpaired) electrons. The number of carbonyl (C=O) groups is 1. The molecule has 0 aliphatic carbocycles. The second kappa shape index (κ2) is 7.78. The van der Waals surface area contributed by atoms with Gasteiger partial charge in [0.05, 0.1) is 5.75 Å². The third-order valence-corrected chi connectivity index (χ3v) is 6.92. The van der Waals surface area contributed by atoms with Gasteiger partial charge in [-0.15, -0.1) is 0 Å². The molecule has 1 aliphatic heterocycles. The summed E-state index contributed by atoms with van der Waals surface area (Å²) in [5.41, 5.74) is 4.91. The highest BCUT2D eigenvalue weighted by Crippen LogP contribution is 2.31. The van der Waals surface area contributed by atoms with Gasteiger partial charge in [-0.05, 0) is 48.2 Å². The highest BCUT2D eigenvalue weighted by atomic mass is 32.2. The number of benzene rings is 1. The summed E-state index contributed by atoms with van der Waals surface area (Å²) in [6.07, 6.45) is 4.75. The quantitative estimate of drug-likeness (QED) is 0.764. The Morgan fingerprint density at radius 3 is 2.59 bits per heavy atom. The largest absolute Gasteiger partial charge is 0.315 e. The molecule has 7 heteroatoms. The highest BCUT2D eigenvalue weighted by molar-refractivity contribution is 7.89. The average Bonchev–Trinajstić information content (AvgIpc) is 2.68. The van der Waals surface area contributed by atoms with Gasteiger partial charge >= 0.3 is 0 Å². The Bertz CT molecular complexity index is 957. The predicted octanol–water partition coefficient (Wildman–Crippen LogP) is 2.83. The zero-order valence-electron chi connectivity index (χ0n) is 16.0. The van der Waals surface area contributed by atoms with E-state index in [2.05, 4.69) is 11.1 Å². The van der Waals surface area contributed by atoms with Crippen LogP contribution in [0.3, 0.4) is 0 Å². The van der Waals surface area contributed by atoms with E-state index in [1.165, 1.54) is 4.31 Å². The molecule has 1 amide bonds. The lowest BCUT2D eigenvalue weighted by Crippen LogP contribution is -2.31. The van der Waals surface area contributed by atoms with E-state index in [1.54, 1.807) is 31.3 Å². The van der Waals surface area contributed by atoms with E-state index in [9.17, 15) is 13.2 Å². The van der Waals surface area contributed by atoms with E-state index in [0.717, 1.165) is 34.4 Å². The fraction of sp³-hybridized carbons (Fsp3) is 0.400. The van der Waals surface area contributed by atoms with E-state index in [1.807, 2.05) is 25.1 Å². The van der Waals surface area contributed by atoms with Crippen molar-refractivity contribution in [3.63, 3.8) is 0 Å². The van der Waals surface area contributed by atoms with Gasteiger partial charge in [0.25, 0.3) is 0 Å². The zero-order valence-corrected chi connectivity index (χ0v) is 16.8. The topological polar surface area (TPSA) is 70.6 Å². The molecule has 0 bridgehead atoms. The number of amides is 1. The second-order valence-corrected chi connectivity index (χ2v) is 8.96. The van der Waals surface area contributed by atoms with Crippen molar-refractivity contribution < 1.29 is 13.2 Å². The summed E-state index contributed by atoms with van der Waals surface area (Å²) < 4.78 is 25.8. The molecule has 3 rings (SSSR count). The number of nitrogens with zero attached hydrogens (tertiary/aromatic N) is 3. The van der Waals surface area contributed by atoms with Crippen molar-refractivity contribution in [3.8, 4) is 11.1 Å². The Morgan fingerprint density at radius 2 is 1.89 bits per heavy atom. The summed E-state index contributed by atoms with van der Waals surface area (Å²) in [4.78, 5) is 17.9. The Kier molecular flexibility index (Phi) is 5.62. The van der Waals surface area contributed by atoms with Gasteiger partial charge in [0, 0.05) is 50.2 Å². The number of sulfonamides is 1. The van der Waals surface area contributed by atoms with Crippen LogP contribution in [0.15, 0.2) is 36.7 Å². The fourth-order valence-corrected chi connectivity index (χ4v) is 4.47. The van der Waals surface area contributed by atoms with Crippen LogP contribution in [-0.4, -0.2) is 43.0 Å². The van der Waals surface area contributed by atoms with Crippen LogP contribution in [0.4, 0.5) is 5.69 Å². The maximum atomic E-state index is 12.2. The van der Waals surface area contributed by atoms with Crippen molar-refractivity contribution in [2.75, 3.05) is 24.2 Å². The molecular formula is C20H25N3O3S. The Labute approximate surface area is 160 Å². The van der Waals surface area contributed by atoms with Gasteiger partial charge in [0.15, 0.2) is 0 Å². The molecule has 0 N–H and O–H groups in total. The van der Waals surface area contributed by atoms with Crippen LogP contribution >= 0.6 is 0 Å². The molecule has 0 spiro atoms. The van der Waals surface area contributed by atoms with Crippen LogP contribution in [0.25, 0.3) is 11.1 Å². The number of aromatic nitrogens is 1. The van der Waals surface area contributed by atoms with E-state index < -0.39 is 10.0 Å². The van der Waals surface area contributed by atoms with Crippen LogP contribution in [0.5, 0.6) is 0 Å². The molecule has 0 atom stereocenters. The minimum absolute atomic E-state index is 0.0883.